The maximum atomic E-state index is 2.60. The third-order valence-corrected chi connectivity index (χ3v) is 7.11. The minimum Gasteiger partial charge on any atom is -1.00 e. The molecule has 0 aromatic heterocycles. The summed E-state index contributed by atoms with van der Waals surface area (Å²) in [4.78, 5) is 0. The van der Waals surface area contributed by atoms with Crippen molar-refractivity contribution in [3.63, 3.8) is 0 Å². The van der Waals surface area contributed by atoms with Crippen LogP contribution in [0, 0.1) is 16.7 Å². The Hall–Kier alpha value is -0.617. The van der Waals surface area contributed by atoms with Crippen LogP contribution in [-0.2, 0) is 26.2 Å². The Kier molecular flexibility index (Phi) is 7.22. The van der Waals surface area contributed by atoms with Crippen molar-refractivity contribution in [2.45, 2.75) is 46.5 Å². The molecule has 5 rings (SSSR count). The molecule has 0 spiro atoms. The summed E-state index contributed by atoms with van der Waals surface area (Å²) < 4.78 is 0. The zero-order valence-electron chi connectivity index (χ0n) is 17.6. The summed E-state index contributed by atoms with van der Waals surface area (Å²) in [5.74, 6) is 1.09. The molecule has 2 aromatic rings. The Morgan fingerprint density at radius 3 is 1.90 bits per heavy atom. The number of rotatable bonds is 1. The Morgan fingerprint density at radius 1 is 0.862 bits per heavy atom. The van der Waals surface area contributed by atoms with Gasteiger partial charge in [-0.1, -0.05) is 94.0 Å². The second-order valence-electron chi connectivity index (χ2n) is 9.68. The molecule has 3 heteroatoms. The van der Waals surface area contributed by atoms with Gasteiger partial charge in [0, 0.05) is 11.8 Å². The molecular formula is C26H28Cl2Zr. The van der Waals surface area contributed by atoms with E-state index in [4.69, 9.17) is 0 Å². The van der Waals surface area contributed by atoms with Gasteiger partial charge in [-0.2, -0.15) is 0 Å². The van der Waals surface area contributed by atoms with Gasteiger partial charge in [0.2, 0.25) is 0 Å². The number of allylic oxidation sites excluding steroid dienone is 4. The van der Waals surface area contributed by atoms with Gasteiger partial charge >= 0.3 is 26.2 Å². The molecule has 0 bridgehead atoms. The molecule has 2 atom stereocenters. The van der Waals surface area contributed by atoms with Crippen LogP contribution >= 0.6 is 0 Å². The molecule has 29 heavy (non-hydrogen) atoms. The molecule has 150 valence electrons. The zero-order valence-corrected chi connectivity index (χ0v) is 21.6. The van der Waals surface area contributed by atoms with Gasteiger partial charge in [-0.3, -0.25) is 0 Å². The van der Waals surface area contributed by atoms with Gasteiger partial charge in [0.1, 0.15) is 0 Å². The molecule has 0 amide bonds. The van der Waals surface area contributed by atoms with E-state index in [0.717, 1.165) is 0 Å². The van der Waals surface area contributed by atoms with Crippen molar-refractivity contribution in [1.29, 1.82) is 0 Å². The van der Waals surface area contributed by atoms with E-state index in [1.807, 2.05) is 0 Å². The molecule has 0 heterocycles. The molecule has 1 saturated carbocycles. The van der Waals surface area contributed by atoms with Crippen LogP contribution in [0.3, 0.4) is 0 Å². The van der Waals surface area contributed by atoms with Crippen molar-refractivity contribution >= 4 is 0 Å². The first-order chi connectivity index (χ1) is 12.4. The maximum absolute atomic E-state index is 2.60. The van der Waals surface area contributed by atoms with Gasteiger partial charge in [-0.15, -0.1) is 0 Å². The smallest absolute Gasteiger partial charge is 1.00 e. The fourth-order valence-electron chi connectivity index (χ4n) is 5.69. The number of halogens is 2. The quantitative estimate of drug-likeness (QED) is 0.549. The standard InChI is InChI=1S/C26H28.2ClH.Zr/c1-25(2,3)18-15-17-13-14-26(4,23(17)16-18)24-21-11-7-5-9-19(21)20-10-6-8-12-22(20)24;;;/h5-12,15-16,23-24H,13-14H2,1-4H3;2*1H;/q;;;+2/p-2. The van der Waals surface area contributed by atoms with Crippen LogP contribution in [-0.4, -0.2) is 0 Å². The van der Waals surface area contributed by atoms with Crippen molar-refractivity contribution in [2.75, 3.05) is 0 Å². The molecule has 2 aromatic carbocycles. The Morgan fingerprint density at radius 2 is 1.38 bits per heavy atom. The Bertz CT molecular complexity index is 921. The second-order valence-corrected chi connectivity index (χ2v) is 9.68. The first-order valence-corrected chi connectivity index (χ1v) is 10.0. The molecule has 0 saturated heterocycles. The number of fused-ring (bicyclic) bond motifs is 4. The maximum Gasteiger partial charge on any atom is 2.00 e. The van der Waals surface area contributed by atoms with Crippen LogP contribution in [0.15, 0.2) is 71.8 Å². The van der Waals surface area contributed by atoms with E-state index in [0.29, 0.717) is 11.8 Å². The molecule has 2 unspecified atom stereocenters. The van der Waals surface area contributed by atoms with Gasteiger partial charge in [0.05, 0.1) is 0 Å². The summed E-state index contributed by atoms with van der Waals surface area (Å²) in [6.07, 6.45) is 7.65. The van der Waals surface area contributed by atoms with Crippen molar-refractivity contribution in [3.8, 4) is 11.1 Å². The molecule has 1 fully saturated rings. The molecule has 0 nitrogen and oxygen atoms in total. The molecule has 0 aliphatic heterocycles. The first-order valence-electron chi connectivity index (χ1n) is 10.0. The van der Waals surface area contributed by atoms with Gasteiger partial charge in [0.15, 0.2) is 0 Å². The third kappa shape index (κ3) is 3.66. The van der Waals surface area contributed by atoms with Crippen LogP contribution in [0.1, 0.15) is 57.6 Å². The van der Waals surface area contributed by atoms with E-state index in [2.05, 4.69) is 88.4 Å². The van der Waals surface area contributed by atoms with Gasteiger partial charge in [0.25, 0.3) is 0 Å². The van der Waals surface area contributed by atoms with Gasteiger partial charge in [-0.05, 0) is 51.5 Å². The average molecular weight is 503 g/mol. The van der Waals surface area contributed by atoms with Crippen molar-refractivity contribution in [2.24, 2.45) is 16.7 Å². The van der Waals surface area contributed by atoms with E-state index in [-0.39, 0.29) is 61.8 Å². The SMILES string of the molecule is CC(C)(C)C1=CC2C(=C1)CCC2(C)C1c2ccccc2-c2ccccc21.[Cl-].[Cl-].[Zr+2]. The second kappa shape index (κ2) is 8.49. The number of hydrogen-bond donors (Lipinski definition) is 0. The van der Waals surface area contributed by atoms with E-state index >= 15 is 0 Å². The third-order valence-electron chi connectivity index (χ3n) is 7.11. The zero-order chi connectivity index (χ0) is 18.1. The van der Waals surface area contributed by atoms with Crippen LogP contribution in [0.5, 0.6) is 0 Å². The monoisotopic (exact) mass is 500 g/mol. The van der Waals surface area contributed by atoms with Gasteiger partial charge < -0.3 is 24.8 Å². The topological polar surface area (TPSA) is 0 Å². The number of hydrogen-bond acceptors (Lipinski definition) is 0. The van der Waals surface area contributed by atoms with E-state index < -0.39 is 0 Å². The fourth-order valence-corrected chi connectivity index (χ4v) is 5.69. The van der Waals surface area contributed by atoms with E-state index in [1.165, 1.54) is 40.7 Å². The van der Waals surface area contributed by atoms with E-state index in [9.17, 15) is 0 Å². The van der Waals surface area contributed by atoms with Crippen molar-refractivity contribution < 1.29 is 51.0 Å². The fraction of sp³-hybridized carbons (Fsp3) is 0.385. The summed E-state index contributed by atoms with van der Waals surface area (Å²) in [5, 5.41) is 0. The average Bonchev–Trinajstić information content (AvgIpc) is 3.27. The van der Waals surface area contributed by atoms with Crippen LogP contribution in [0.25, 0.3) is 11.1 Å². The summed E-state index contributed by atoms with van der Waals surface area (Å²) in [7, 11) is 0. The minimum absolute atomic E-state index is 0. The summed E-state index contributed by atoms with van der Waals surface area (Å²) >= 11 is 0. The molecular weight excluding hydrogens is 474 g/mol. The first kappa shape index (κ1) is 24.7. The van der Waals surface area contributed by atoms with Crippen LogP contribution in [0.2, 0.25) is 0 Å². The molecule has 0 N–H and O–H groups in total. The number of benzene rings is 2. The summed E-state index contributed by atoms with van der Waals surface area (Å²) in [6.45, 7) is 9.57. The predicted molar refractivity (Wildman–Crippen MR) is 110 cm³/mol. The normalized spacial score (nSPS) is 24.2. The minimum atomic E-state index is 0. The summed E-state index contributed by atoms with van der Waals surface area (Å²) in [5.41, 5.74) is 9.67. The van der Waals surface area contributed by atoms with Crippen molar-refractivity contribution in [3.05, 3.63) is 83.0 Å². The largest absolute Gasteiger partial charge is 2.00 e. The molecule has 0 radical (unpaired) electrons. The van der Waals surface area contributed by atoms with Crippen molar-refractivity contribution in [1.82, 2.24) is 0 Å². The predicted octanol–water partition coefficient (Wildman–Crippen LogP) is 1.13. The van der Waals surface area contributed by atoms with Crippen LogP contribution in [0.4, 0.5) is 0 Å². The summed E-state index contributed by atoms with van der Waals surface area (Å²) in [6, 6.07) is 18.2. The van der Waals surface area contributed by atoms with Gasteiger partial charge in [-0.25, -0.2) is 0 Å². The Labute approximate surface area is 207 Å². The molecule has 3 aliphatic rings. The van der Waals surface area contributed by atoms with Crippen LogP contribution < -0.4 is 24.8 Å². The Balaban J connectivity index is 0.000001000. The van der Waals surface area contributed by atoms with E-state index in [1.54, 1.807) is 5.57 Å². The molecule has 3 aliphatic carbocycles.